The molecule has 1 aromatic rings. The summed E-state index contributed by atoms with van der Waals surface area (Å²) in [6.45, 7) is 3.23. The first-order valence-electron chi connectivity index (χ1n) is 6.73. The first-order valence-corrected chi connectivity index (χ1v) is 8.45. The molecular weight excluding hydrogens is 294 g/mol. The highest BCUT2D eigenvalue weighted by atomic mass is 32.2. The van der Waals surface area contributed by atoms with Crippen LogP contribution in [0.5, 0.6) is 0 Å². The lowest BCUT2D eigenvalue weighted by molar-refractivity contribution is 0.595. The number of nitrogens with two attached hydrogens (primary N) is 1. The number of nitrogens with one attached hydrogen (secondary N) is 2. The molecule has 0 aliphatic rings. The largest absolute Gasteiger partial charge is 0.354 e. The van der Waals surface area contributed by atoms with E-state index in [1.807, 2.05) is 21.0 Å². The van der Waals surface area contributed by atoms with Crippen LogP contribution in [-0.2, 0) is 10.0 Å². The van der Waals surface area contributed by atoms with Crippen LogP contribution in [0.4, 0.5) is 17.8 Å². The molecule has 0 saturated carbocycles. The number of aromatic nitrogens is 3. The molecule has 0 aromatic carbocycles. The fourth-order valence-electron chi connectivity index (χ4n) is 1.43. The van der Waals surface area contributed by atoms with Crippen LogP contribution in [0.2, 0.25) is 0 Å². The molecule has 10 heteroatoms. The Labute approximate surface area is 125 Å². The summed E-state index contributed by atoms with van der Waals surface area (Å²) in [5.41, 5.74) is 0. The highest BCUT2D eigenvalue weighted by Gasteiger charge is 2.08. The van der Waals surface area contributed by atoms with Gasteiger partial charge in [-0.05, 0) is 12.8 Å². The van der Waals surface area contributed by atoms with Gasteiger partial charge < -0.3 is 15.5 Å². The third kappa shape index (κ3) is 7.04. The van der Waals surface area contributed by atoms with Gasteiger partial charge in [-0.2, -0.15) is 15.0 Å². The molecule has 0 aliphatic heterocycles. The molecular formula is C11H23N7O2S. The van der Waals surface area contributed by atoms with Crippen molar-refractivity contribution in [2.24, 2.45) is 5.14 Å². The van der Waals surface area contributed by atoms with E-state index < -0.39 is 10.0 Å². The summed E-state index contributed by atoms with van der Waals surface area (Å²) in [5.74, 6) is 1.34. The molecule has 0 spiro atoms. The van der Waals surface area contributed by atoms with Gasteiger partial charge in [0.25, 0.3) is 0 Å². The third-order valence-electron chi connectivity index (χ3n) is 2.45. The van der Waals surface area contributed by atoms with E-state index in [-0.39, 0.29) is 5.75 Å². The molecule has 1 heterocycles. The van der Waals surface area contributed by atoms with Crippen molar-refractivity contribution >= 4 is 27.9 Å². The maximum atomic E-state index is 10.9. The smallest absolute Gasteiger partial charge is 0.231 e. The van der Waals surface area contributed by atoms with Crippen LogP contribution in [0.1, 0.15) is 19.8 Å². The van der Waals surface area contributed by atoms with Gasteiger partial charge in [0.2, 0.25) is 27.9 Å². The summed E-state index contributed by atoms with van der Waals surface area (Å²) in [6, 6.07) is 0. The Bertz CT molecular complexity index is 548. The Kier molecular flexibility index (Phi) is 6.56. The average Bonchev–Trinajstić information content (AvgIpc) is 2.40. The maximum Gasteiger partial charge on any atom is 0.231 e. The highest BCUT2D eigenvalue weighted by molar-refractivity contribution is 7.89. The van der Waals surface area contributed by atoms with Crippen molar-refractivity contribution in [3.8, 4) is 0 Å². The Hall–Kier alpha value is -1.68. The zero-order chi connectivity index (χ0) is 15.9. The van der Waals surface area contributed by atoms with Crippen molar-refractivity contribution < 1.29 is 8.42 Å². The van der Waals surface area contributed by atoms with Gasteiger partial charge in [-0.3, -0.25) is 0 Å². The Morgan fingerprint density at radius 1 is 1.10 bits per heavy atom. The molecule has 0 unspecified atom stereocenters. The van der Waals surface area contributed by atoms with Crippen LogP contribution in [0.25, 0.3) is 0 Å². The summed E-state index contributed by atoms with van der Waals surface area (Å²) < 4.78 is 21.7. The third-order valence-corrected chi connectivity index (χ3v) is 3.30. The van der Waals surface area contributed by atoms with Gasteiger partial charge in [-0.15, -0.1) is 0 Å². The molecule has 1 rings (SSSR count). The summed E-state index contributed by atoms with van der Waals surface area (Å²) in [4.78, 5) is 14.5. The molecule has 0 bridgehead atoms. The van der Waals surface area contributed by atoms with E-state index in [0.29, 0.717) is 30.8 Å². The standard InChI is InChI=1S/C11H23N7O2S/c1-4-6-13-9-15-10(17-11(16-9)18(2)3)14-7-5-8-21(12,19)20/h4-8H2,1-3H3,(H2,12,19,20)(H2,13,14,15,16,17). The zero-order valence-electron chi connectivity index (χ0n) is 12.6. The quantitative estimate of drug-likeness (QED) is 0.537. The van der Waals surface area contributed by atoms with Crippen molar-refractivity contribution in [2.75, 3.05) is 48.5 Å². The minimum absolute atomic E-state index is 0.0768. The predicted molar refractivity (Wildman–Crippen MR) is 84.0 cm³/mol. The number of hydrogen-bond donors (Lipinski definition) is 3. The second-order valence-electron chi connectivity index (χ2n) is 4.75. The van der Waals surface area contributed by atoms with Crippen LogP contribution >= 0.6 is 0 Å². The topological polar surface area (TPSA) is 126 Å². The molecule has 0 saturated heterocycles. The van der Waals surface area contributed by atoms with Gasteiger partial charge in [0.15, 0.2) is 0 Å². The van der Waals surface area contributed by atoms with Crippen molar-refractivity contribution in [1.29, 1.82) is 0 Å². The van der Waals surface area contributed by atoms with E-state index in [4.69, 9.17) is 5.14 Å². The zero-order valence-corrected chi connectivity index (χ0v) is 13.4. The van der Waals surface area contributed by atoms with Crippen molar-refractivity contribution in [1.82, 2.24) is 15.0 Å². The Balaban J connectivity index is 2.69. The molecule has 4 N–H and O–H groups in total. The first-order chi connectivity index (χ1) is 9.81. The number of sulfonamides is 1. The van der Waals surface area contributed by atoms with E-state index in [1.165, 1.54) is 0 Å². The summed E-state index contributed by atoms with van der Waals surface area (Å²) in [7, 11) is 0.240. The lowest BCUT2D eigenvalue weighted by Crippen LogP contribution is -2.20. The van der Waals surface area contributed by atoms with Crippen LogP contribution in [-0.4, -0.2) is 56.3 Å². The summed E-state index contributed by atoms with van der Waals surface area (Å²) in [6.07, 6.45) is 1.35. The number of primary sulfonamides is 1. The van der Waals surface area contributed by atoms with Crippen molar-refractivity contribution in [3.63, 3.8) is 0 Å². The van der Waals surface area contributed by atoms with Crippen LogP contribution in [0.3, 0.4) is 0 Å². The Morgan fingerprint density at radius 3 is 2.14 bits per heavy atom. The highest BCUT2D eigenvalue weighted by Crippen LogP contribution is 2.11. The van der Waals surface area contributed by atoms with E-state index in [0.717, 1.165) is 13.0 Å². The molecule has 0 atom stereocenters. The van der Waals surface area contributed by atoms with Crippen LogP contribution in [0, 0.1) is 0 Å². The average molecular weight is 317 g/mol. The van der Waals surface area contributed by atoms with Crippen molar-refractivity contribution in [3.05, 3.63) is 0 Å². The monoisotopic (exact) mass is 317 g/mol. The number of nitrogens with zero attached hydrogens (tertiary/aromatic N) is 4. The van der Waals surface area contributed by atoms with E-state index >= 15 is 0 Å². The molecule has 120 valence electrons. The van der Waals surface area contributed by atoms with E-state index in [1.54, 1.807) is 4.90 Å². The van der Waals surface area contributed by atoms with Gasteiger partial charge in [0.05, 0.1) is 5.75 Å². The second kappa shape index (κ2) is 7.93. The van der Waals surface area contributed by atoms with Crippen LogP contribution < -0.4 is 20.7 Å². The fraction of sp³-hybridized carbons (Fsp3) is 0.727. The molecule has 0 fully saturated rings. The number of hydrogen-bond acceptors (Lipinski definition) is 8. The number of anilines is 3. The van der Waals surface area contributed by atoms with Crippen LogP contribution in [0.15, 0.2) is 0 Å². The summed E-state index contributed by atoms with van der Waals surface area (Å²) >= 11 is 0. The lowest BCUT2D eigenvalue weighted by atomic mass is 10.5. The number of rotatable bonds is 9. The van der Waals surface area contributed by atoms with E-state index in [9.17, 15) is 8.42 Å². The Morgan fingerprint density at radius 2 is 1.67 bits per heavy atom. The van der Waals surface area contributed by atoms with E-state index in [2.05, 4.69) is 25.6 Å². The molecule has 21 heavy (non-hydrogen) atoms. The molecule has 9 nitrogen and oxygen atoms in total. The molecule has 0 aliphatic carbocycles. The SMILES string of the molecule is CCCNc1nc(NCCCS(N)(=O)=O)nc(N(C)C)n1. The van der Waals surface area contributed by atoms with Gasteiger partial charge in [-0.25, -0.2) is 13.6 Å². The lowest BCUT2D eigenvalue weighted by Gasteiger charge is -2.14. The predicted octanol–water partition coefficient (Wildman–Crippen LogP) is -0.150. The molecule has 0 radical (unpaired) electrons. The fourth-order valence-corrected chi connectivity index (χ4v) is 1.98. The van der Waals surface area contributed by atoms with Gasteiger partial charge in [0, 0.05) is 27.2 Å². The minimum Gasteiger partial charge on any atom is -0.354 e. The van der Waals surface area contributed by atoms with Gasteiger partial charge in [-0.1, -0.05) is 6.92 Å². The molecule has 0 amide bonds. The van der Waals surface area contributed by atoms with Gasteiger partial charge in [0.1, 0.15) is 0 Å². The summed E-state index contributed by atoms with van der Waals surface area (Å²) in [5, 5.41) is 11.0. The van der Waals surface area contributed by atoms with Crippen molar-refractivity contribution in [2.45, 2.75) is 19.8 Å². The minimum atomic E-state index is -3.43. The maximum absolute atomic E-state index is 10.9. The first kappa shape index (κ1) is 17.4. The second-order valence-corrected chi connectivity index (χ2v) is 6.49. The van der Waals surface area contributed by atoms with Gasteiger partial charge >= 0.3 is 0 Å². The normalized spacial score (nSPS) is 11.2. The molecule has 1 aromatic heterocycles.